The van der Waals surface area contributed by atoms with Crippen molar-refractivity contribution in [3.63, 3.8) is 0 Å². The van der Waals surface area contributed by atoms with E-state index in [0.717, 1.165) is 0 Å². The van der Waals surface area contributed by atoms with E-state index in [9.17, 15) is 0 Å². The number of rotatable bonds is 2. The molecule has 0 saturated heterocycles. The Kier molecular flexibility index (Phi) is 3.27. The van der Waals surface area contributed by atoms with Crippen LogP contribution in [-0.4, -0.2) is 7.55 Å². The molecule has 3 heteroatoms. The molecule has 2 aromatic rings. The van der Waals surface area contributed by atoms with Crippen molar-refractivity contribution in [3.05, 3.63) is 59.2 Å². The smallest absolute Gasteiger partial charge is 0.401 e. The van der Waals surface area contributed by atoms with Gasteiger partial charge in [0.15, 0.2) is 0 Å². The van der Waals surface area contributed by atoms with Crippen LogP contribution >= 0.6 is 0 Å². The van der Waals surface area contributed by atoms with Crippen molar-refractivity contribution in [2.75, 3.05) is 0 Å². The van der Waals surface area contributed by atoms with Crippen LogP contribution in [0.15, 0.2) is 36.7 Å². The first kappa shape index (κ1) is 11.8. The van der Waals surface area contributed by atoms with E-state index >= 15 is 0 Å². The highest BCUT2D eigenvalue weighted by Gasteiger charge is 2.09. The van der Waals surface area contributed by atoms with Crippen molar-refractivity contribution < 1.29 is 8.96 Å². The summed E-state index contributed by atoms with van der Waals surface area (Å²) in [6.45, 7) is 8.44. The van der Waals surface area contributed by atoms with E-state index in [4.69, 9.17) is 0 Å². The fourth-order valence-corrected chi connectivity index (χ4v) is 1.79. The summed E-state index contributed by atoms with van der Waals surface area (Å²) in [6, 6.07) is 8.54. The van der Waals surface area contributed by atoms with E-state index in [2.05, 4.69) is 80.9 Å². The molecule has 0 bridgehead atoms. The van der Waals surface area contributed by atoms with E-state index in [-0.39, 0.29) is 0 Å². The van der Waals surface area contributed by atoms with Crippen LogP contribution in [0.5, 0.6) is 0 Å². The number of aryl methyl sites for hydroxylation is 4. The van der Waals surface area contributed by atoms with Gasteiger partial charge in [-0.3, -0.25) is 0 Å². The second kappa shape index (κ2) is 4.70. The molecule has 0 N–H and O–H groups in total. The first-order valence-electron chi connectivity index (χ1n) is 5.88. The van der Waals surface area contributed by atoms with Gasteiger partial charge in [0.2, 0.25) is 0 Å². The standard InChI is InChI=1S/C14H18BN2/c1-11-5-7-13(3)16(9-11)15-17-10-12(2)6-8-14(17)4/h5-10H,1-4H3/q+1. The third-order valence-electron chi connectivity index (χ3n) is 2.92. The minimum atomic E-state index is 1.23. The van der Waals surface area contributed by atoms with Crippen molar-refractivity contribution in [1.82, 2.24) is 0 Å². The van der Waals surface area contributed by atoms with Crippen LogP contribution in [0.2, 0.25) is 0 Å². The maximum atomic E-state index is 2.15. The summed E-state index contributed by atoms with van der Waals surface area (Å²) in [5.74, 6) is 0. The monoisotopic (exact) mass is 225 g/mol. The molecule has 0 unspecified atom stereocenters. The van der Waals surface area contributed by atoms with E-state index in [1.54, 1.807) is 0 Å². The molecule has 0 saturated carbocycles. The number of aromatic nitrogens is 2. The molecule has 0 atom stereocenters. The van der Waals surface area contributed by atoms with Gasteiger partial charge in [0.25, 0.3) is 0 Å². The molecule has 0 aliphatic rings. The molecule has 2 rings (SSSR count). The lowest BCUT2D eigenvalue weighted by Crippen LogP contribution is -2.61. The molecule has 0 fully saturated rings. The number of pyridine rings is 2. The third-order valence-corrected chi connectivity index (χ3v) is 2.92. The molecule has 2 nitrogen and oxygen atoms in total. The van der Waals surface area contributed by atoms with Crippen LogP contribution in [0.25, 0.3) is 0 Å². The van der Waals surface area contributed by atoms with Crippen LogP contribution in [0.4, 0.5) is 0 Å². The fraction of sp³-hybridized carbons (Fsp3) is 0.286. The predicted molar refractivity (Wildman–Crippen MR) is 68.8 cm³/mol. The Morgan fingerprint density at radius 2 is 1.12 bits per heavy atom. The van der Waals surface area contributed by atoms with Gasteiger partial charge in [-0.25, -0.2) is 0 Å². The van der Waals surface area contributed by atoms with Crippen molar-refractivity contribution >= 4 is 7.55 Å². The molecule has 2 heterocycles. The number of nitrogens with zero attached hydrogens (tertiary/aromatic N) is 2. The van der Waals surface area contributed by atoms with Crippen LogP contribution in [0.1, 0.15) is 22.5 Å². The van der Waals surface area contributed by atoms with Crippen molar-refractivity contribution in [3.8, 4) is 0 Å². The van der Waals surface area contributed by atoms with Crippen LogP contribution in [-0.2, 0) is 0 Å². The minimum Gasteiger partial charge on any atom is -0.401 e. The summed E-state index contributed by atoms with van der Waals surface area (Å²) in [7, 11) is 2.12. The Labute approximate surface area is 104 Å². The van der Waals surface area contributed by atoms with Gasteiger partial charge in [-0.05, 0) is 26.0 Å². The summed E-state index contributed by atoms with van der Waals surface area (Å²) in [6.07, 6.45) is 4.29. The summed E-state index contributed by atoms with van der Waals surface area (Å²) in [4.78, 5) is 0. The lowest BCUT2D eigenvalue weighted by atomic mass is 10.1. The highest BCUT2D eigenvalue weighted by atomic mass is 15.0. The maximum Gasteiger partial charge on any atom is 0.523 e. The summed E-state index contributed by atoms with van der Waals surface area (Å²) in [5.41, 5.74) is 4.98. The molecule has 0 aromatic carbocycles. The van der Waals surface area contributed by atoms with E-state index in [1.165, 1.54) is 22.5 Å². The Bertz CT molecular complexity index is 500. The Hall–Kier alpha value is -1.64. The lowest BCUT2D eigenvalue weighted by molar-refractivity contribution is -0.666. The average Bonchev–Trinajstić information content (AvgIpc) is 2.28. The van der Waals surface area contributed by atoms with E-state index < -0.39 is 0 Å². The van der Waals surface area contributed by atoms with Gasteiger partial charge in [-0.2, -0.15) is 0 Å². The Morgan fingerprint density at radius 3 is 1.53 bits per heavy atom. The molecule has 0 aliphatic carbocycles. The molecule has 86 valence electrons. The van der Waals surface area contributed by atoms with Gasteiger partial charge in [0.1, 0.15) is 23.8 Å². The summed E-state index contributed by atoms with van der Waals surface area (Å²) >= 11 is 0. The molecule has 0 amide bonds. The zero-order valence-electron chi connectivity index (χ0n) is 10.9. The number of hydrogen-bond acceptors (Lipinski definition) is 0. The van der Waals surface area contributed by atoms with Crippen molar-refractivity contribution in [2.45, 2.75) is 27.7 Å². The zero-order valence-corrected chi connectivity index (χ0v) is 10.9. The predicted octanol–water partition coefficient (Wildman–Crippen LogP) is 1.43. The molecule has 0 spiro atoms. The van der Waals surface area contributed by atoms with Crippen molar-refractivity contribution in [1.29, 1.82) is 0 Å². The average molecular weight is 225 g/mol. The number of hydrogen-bond donors (Lipinski definition) is 0. The largest absolute Gasteiger partial charge is 0.523 e. The Balaban J connectivity index is 2.37. The van der Waals surface area contributed by atoms with Crippen molar-refractivity contribution in [2.24, 2.45) is 0 Å². The maximum absolute atomic E-state index is 2.15. The third kappa shape index (κ3) is 2.73. The molecule has 17 heavy (non-hydrogen) atoms. The highest BCUT2D eigenvalue weighted by Crippen LogP contribution is 1.95. The fourth-order valence-electron chi connectivity index (χ4n) is 1.79. The van der Waals surface area contributed by atoms with Gasteiger partial charge in [0, 0.05) is 37.1 Å². The lowest BCUT2D eigenvalue weighted by Gasteiger charge is -2.10. The Morgan fingerprint density at radius 1 is 0.706 bits per heavy atom. The zero-order chi connectivity index (χ0) is 12.4. The van der Waals surface area contributed by atoms with Crippen LogP contribution in [0, 0.1) is 27.7 Å². The van der Waals surface area contributed by atoms with Gasteiger partial charge < -0.3 is 8.96 Å². The van der Waals surface area contributed by atoms with Gasteiger partial charge in [-0.1, -0.05) is 0 Å². The van der Waals surface area contributed by atoms with E-state index in [1.807, 2.05) is 0 Å². The van der Waals surface area contributed by atoms with E-state index in [0.29, 0.717) is 0 Å². The molecule has 0 aliphatic heterocycles. The molecular formula is C14H18BN2+. The quantitative estimate of drug-likeness (QED) is 0.683. The second-order valence-electron chi connectivity index (χ2n) is 4.63. The molecular weight excluding hydrogens is 207 g/mol. The summed E-state index contributed by atoms with van der Waals surface area (Å²) < 4.78 is 4.31. The summed E-state index contributed by atoms with van der Waals surface area (Å²) in [5, 5.41) is 0. The molecule has 2 radical (unpaired) electrons. The van der Waals surface area contributed by atoms with Crippen LogP contribution in [0.3, 0.4) is 0 Å². The minimum absolute atomic E-state index is 1.23. The van der Waals surface area contributed by atoms with Crippen LogP contribution < -0.4 is 8.96 Å². The second-order valence-corrected chi connectivity index (χ2v) is 4.63. The first-order valence-corrected chi connectivity index (χ1v) is 5.88. The van der Waals surface area contributed by atoms with Gasteiger partial charge in [-0.15, -0.1) is 0 Å². The SMILES string of the molecule is Cc1ccc(C)[n+]([B-][n+]2cc(C)ccc2C)c1. The molecule has 2 aromatic heterocycles. The normalized spacial score (nSPS) is 10.6. The van der Waals surface area contributed by atoms with Gasteiger partial charge >= 0.3 is 7.55 Å². The van der Waals surface area contributed by atoms with Gasteiger partial charge in [0.05, 0.1) is 0 Å². The topological polar surface area (TPSA) is 7.76 Å². The first-order chi connectivity index (χ1) is 8.06. The highest BCUT2D eigenvalue weighted by molar-refractivity contribution is 6.12.